The van der Waals surface area contributed by atoms with Crippen LogP contribution >= 0.6 is 0 Å². The van der Waals surface area contributed by atoms with Crippen LogP contribution < -0.4 is 4.74 Å². The van der Waals surface area contributed by atoms with Crippen molar-refractivity contribution >= 4 is 5.91 Å². The number of ether oxygens (including phenoxy) is 1. The van der Waals surface area contributed by atoms with Crippen LogP contribution in [0.5, 0.6) is 11.5 Å². The van der Waals surface area contributed by atoms with Gasteiger partial charge in [0.25, 0.3) is 5.91 Å². The second kappa shape index (κ2) is 4.65. The van der Waals surface area contributed by atoms with E-state index in [2.05, 4.69) is 0 Å². The fourth-order valence-electron chi connectivity index (χ4n) is 1.57. The van der Waals surface area contributed by atoms with Gasteiger partial charge in [-0.05, 0) is 30.9 Å². The summed E-state index contributed by atoms with van der Waals surface area (Å²) in [6.07, 6.45) is 2.34. The van der Waals surface area contributed by atoms with Gasteiger partial charge in [-0.25, -0.2) is 0 Å². The van der Waals surface area contributed by atoms with Crippen molar-refractivity contribution in [3.8, 4) is 11.5 Å². The van der Waals surface area contributed by atoms with E-state index in [1.165, 1.54) is 23.8 Å². The minimum absolute atomic E-state index is 0.0263. The van der Waals surface area contributed by atoms with Gasteiger partial charge in [-0.2, -0.15) is 0 Å². The quantitative estimate of drug-likeness (QED) is 0.867. The number of amides is 1. The number of rotatable bonds is 4. The van der Waals surface area contributed by atoms with Crippen molar-refractivity contribution in [2.24, 2.45) is 5.92 Å². The Morgan fingerprint density at radius 1 is 1.47 bits per heavy atom. The summed E-state index contributed by atoms with van der Waals surface area (Å²) in [5, 5.41) is 9.76. The van der Waals surface area contributed by atoms with Crippen LogP contribution in [0.4, 0.5) is 0 Å². The summed E-state index contributed by atoms with van der Waals surface area (Å²) in [4.78, 5) is 13.4. The summed E-state index contributed by atoms with van der Waals surface area (Å²) in [7, 11) is 3.36. The average molecular weight is 235 g/mol. The van der Waals surface area contributed by atoms with Crippen molar-refractivity contribution in [1.82, 2.24) is 4.90 Å². The fourth-order valence-corrected chi connectivity index (χ4v) is 1.57. The number of phenols is 1. The van der Waals surface area contributed by atoms with Crippen LogP contribution in [-0.4, -0.2) is 36.6 Å². The second-order valence-electron chi connectivity index (χ2n) is 4.61. The lowest BCUT2D eigenvalue weighted by atomic mass is 10.1. The molecule has 0 atom stereocenters. The Morgan fingerprint density at radius 3 is 2.76 bits per heavy atom. The van der Waals surface area contributed by atoms with E-state index in [4.69, 9.17) is 4.74 Å². The number of benzene rings is 1. The van der Waals surface area contributed by atoms with Gasteiger partial charge in [-0.3, -0.25) is 4.79 Å². The van der Waals surface area contributed by atoms with Crippen molar-refractivity contribution in [3.05, 3.63) is 23.8 Å². The van der Waals surface area contributed by atoms with Gasteiger partial charge in [0.2, 0.25) is 0 Å². The monoisotopic (exact) mass is 235 g/mol. The van der Waals surface area contributed by atoms with E-state index in [1.54, 1.807) is 26.2 Å². The van der Waals surface area contributed by atoms with Crippen molar-refractivity contribution in [2.75, 3.05) is 20.7 Å². The molecule has 4 heteroatoms. The third-order valence-corrected chi connectivity index (χ3v) is 2.79. The summed E-state index contributed by atoms with van der Waals surface area (Å²) < 4.78 is 5.57. The van der Waals surface area contributed by atoms with Crippen LogP contribution in [0.25, 0.3) is 0 Å². The molecular weight excluding hydrogens is 218 g/mol. The molecule has 0 heterocycles. The summed E-state index contributed by atoms with van der Waals surface area (Å²) in [6, 6.07) is 4.86. The highest BCUT2D eigenvalue weighted by Crippen LogP contribution is 2.34. The highest BCUT2D eigenvalue weighted by molar-refractivity contribution is 5.97. The van der Waals surface area contributed by atoms with E-state index in [0.29, 0.717) is 23.8 Å². The van der Waals surface area contributed by atoms with Gasteiger partial charge in [-0.15, -0.1) is 0 Å². The zero-order chi connectivity index (χ0) is 12.4. The molecule has 1 N–H and O–H groups in total. The third-order valence-electron chi connectivity index (χ3n) is 2.79. The molecule has 1 aromatic rings. The Kier molecular flexibility index (Phi) is 3.22. The number of hydrogen-bond acceptors (Lipinski definition) is 3. The lowest BCUT2D eigenvalue weighted by Gasteiger charge is -2.15. The maximum absolute atomic E-state index is 11.9. The van der Waals surface area contributed by atoms with Crippen molar-refractivity contribution in [3.63, 3.8) is 0 Å². The average Bonchev–Trinajstić information content (AvgIpc) is 3.10. The van der Waals surface area contributed by atoms with E-state index in [0.717, 1.165) is 0 Å². The summed E-state index contributed by atoms with van der Waals surface area (Å²) in [5.41, 5.74) is 0.413. The van der Waals surface area contributed by atoms with Gasteiger partial charge < -0.3 is 14.7 Å². The molecule has 1 aliphatic rings. The van der Waals surface area contributed by atoms with Gasteiger partial charge in [0, 0.05) is 14.1 Å². The molecule has 0 bridgehead atoms. The van der Waals surface area contributed by atoms with Gasteiger partial charge in [0.1, 0.15) is 0 Å². The van der Waals surface area contributed by atoms with Crippen LogP contribution in [0.15, 0.2) is 18.2 Å². The zero-order valence-electron chi connectivity index (χ0n) is 10.1. The molecule has 4 nitrogen and oxygen atoms in total. The SMILES string of the molecule is CN(C)C(=O)c1cccc(O)c1OCC1CC1. The number of carbonyl (C=O) groups excluding carboxylic acids is 1. The van der Waals surface area contributed by atoms with E-state index in [-0.39, 0.29) is 11.7 Å². The largest absolute Gasteiger partial charge is 0.504 e. The Hall–Kier alpha value is -1.71. The maximum Gasteiger partial charge on any atom is 0.257 e. The van der Waals surface area contributed by atoms with E-state index in [9.17, 15) is 9.90 Å². The lowest BCUT2D eigenvalue weighted by Crippen LogP contribution is -2.22. The van der Waals surface area contributed by atoms with Crippen molar-refractivity contribution in [1.29, 1.82) is 0 Å². The molecule has 1 aliphatic carbocycles. The van der Waals surface area contributed by atoms with Crippen LogP contribution in [0.3, 0.4) is 0 Å². The van der Waals surface area contributed by atoms with Crippen LogP contribution in [-0.2, 0) is 0 Å². The second-order valence-corrected chi connectivity index (χ2v) is 4.61. The molecule has 0 unspecified atom stereocenters. The van der Waals surface area contributed by atoms with Gasteiger partial charge in [0.05, 0.1) is 12.2 Å². The molecule has 2 rings (SSSR count). The Morgan fingerprint density at radius 2 is 2.18 bits per heavy atom. The molecule has 1 saturated carbocycles. The normalized spacial score (nSPS) is 14.5. The van der Waals surface area contributed by atoms with E-state index >= 15 is 0 Å². The highest BCUT2D eigenvalue weighted by Gasteiger charge is 2.24. The molecule has 0 aliphatic heterocycles. The van der Waals surface area contributed by atoms with E-state index in [1.807, 2.05) is 0 Å². The number of para-hydroxylation sites is 1. The third kappa shape index (κ3) is 2.70. The summed E-state index contributed by atoms with van der Waals surface area (Å²) in [6.45, 7) is 0.575. The predicted molar refractivity (Wildman–Crippen MR) is 64.3 cm³/mol. The minimum atomic E-state index is -0.160. The van der Waals surface area contributed by atoms with Crippen LogP contribution in [0.1, 0.15) is 23.2 Å². The standard InChI is InChI=1S/C13H17NO3/c1-14(2)13(16)10-4-3-5-11(15)12(10)17-8-9-6-7-9/h3-5,9,15H,6-8H2,1-2H3. The topological polar surface area (TPSA) is 49.8 Å². The molecule has 17 heavy (non-hydrogen) atoms. The lowest BCUT2D eigenvalue weighted by molar-refractivity contribution is 0.0822. The van der Waals surface area contributed by atoms with Gasteiger partial charge >= 0.3 is 0 Å². The first-order valence-electron chi connectivity index (χ1n) is 5.76. The minimum Gasteiger partial charge on any atom is -0.504 e. The highest BCUT2D eigenvalue weighted by atomic mass is 16.5. The number of nitrogens with zero attached hydrogens (tertiary/aromatic N) is 1. The van der Waals surface area contributed by atoms with Crippen molar-refractivity contribution in [2.45, 2.75) is 12.8 Å². The number of aromatic hydroxyl groups is 1. The first kappa shape index (κ1) is 11.8. The molecule has 0 aromatic heterocycles. The number of phenolic OH excluding ortho intramolecular Hbond substituents is 1. The maximum atomic E-state index is 11.9. The Labute approximate surface area is 101 Å². The molecule has 0 radical (unpaired) electrons. The van der Waals surface area contributed by atoms with Gasteiger partial charge in [-0.1, -0.05) is 6.07 Å². The van der Waals surface area contributed by atoms with Crippen LogP contribution in [0, 0.1) is 5.92 Å². The zero-order valence-corrected chi connectivity index (χ0v) is 10.1. The Balaban J connectivity index is 2.22. The molecular formula is C13H17NO3. The number of hydrogen-bond donors (Lipinski definition) is 1. The van der Waals surface area contributed by atoms with E-state index < -0.39 is 0 Å². The molecule has 1 amide bonds. The first-order valence-corrected chi connectivity index (χ1v) is 5.76. The number of carbonyl (C=O) groups is 1. The first-order chi connectivity index (χ1) is 8.09. The summed E-state index contributed by atoms with van der Waals surface area (Å²) >= 11 is 0. The Bertz CT molecular complexity index is 425. The smallest absolute Gasteiger partial charge is 0.257 e. The van der Waals surface area contributed by atoms with Gasteiger partial charge in [0.15, 0.2) is 11.5 Å². The predicted octanol–water partition coefficient (Wildman–Crippen LogP) is 1.88. The molecule has 92 valence electrons. The molecule has 1 aromatic carbocycles. The molecule has 1 fully saturated rings. The van der Waals surface area contributed by atoms with Crippen molar-refractivity contribution < 1.29 is 14.6 Å². The fraction of sp³-hybridized carbons (Fsp3) is 0.462. The molecule has 0 spiro atoms. The summed E-state index contributed by atoms with van der Waals surface area (Å²) in [5.74, 6) is 0.750. The van der Waals surface area contributed by atoms with Crippen LogP contribution in [0.2, 0.25) is 0 Å². The molecule has 0 saturated heterocycles.